The molecule has 2 aromatic heterocycles. The fourth-order valence-corrected chi connectivity index (χ4v) is 2.56. The predicted molar refractivity (Wildman–Crippen MR) is 104 cm³/mol. The second-order valence-corrected chi connectivity index (χ2v) is 6.31. The average Bonchev–Trinajstić information content (AvgIpc) is 3.25. The third-order valence-electron chi connectivity index (χ3n) is 3.91. The summed E-state index contributed by atoms with van der Waals surface area (Å²) in [5, 5.41) is 4.02. The van der Waals surface area contributed by atoms with Crippen LogP contribution < -0.4 is 5.32 Å². The Labute approximate surface area is 160 Å². The Hall–Kier alpha value is -1.99. The molecule has 8 heteroatoms. The number of aliphatic imine (C=N–C) groups is 1. The molecule has 0 unspecified atom stereocenters. The quantitative estimate of drug-likeness (QED) is 0.389. The number of rotatable bonds is 10. The summed E-state index contributed by atoms with van der Waals surface area (Å²) in [4.78, 5) is 11.1. The Morgan fingerprint density at radius 2 is 2.35 bits per heavy atom. The molecule has 0 fully saturated rings. The van der Waals surface area contributed by atoms with E-state index in [1.807, 2.05) is 42.6 Å². The lowest BCUT2D eigenvalue weighted by Crippen LogP contribution is -2.40. The Morgan fingerprint density at radius 1 is 1.50 bits per heavy atom. The van der Waals surface area contributed by atoms with Crippen LogP contribution in [0.25, 0.3) is 0 Å². The van der Waals surface area contributed by atoms with Gasteiger partial charge in [-0.05, 0) is 25.5 Å². The van der Waals surface area contributed by atoms with Crippen LogP contribution in [0.4, 0.5) is 0 Å². The van der Waals surface area contributed by atoms with E-state index >= 15 is 0 Å². The van der Waals surface area contributed by atoms with Crippen LogP contribution in [-0.4, -0.2) is 53.8 Å². The summed E-state index contributed by atoms with van der Waals surface area (Å²) in [7, 11) is 3.89. The van der Waals surface area contributed by atoms with Gasteiger partial charge in [-0.1, -0.05) is 11.6 Å². The Balaban J connectivity index is 1.93. The molecule has 0 saturated carbocycles. The highest BCUT2D eigenvalue weighted by atomic mass is 35.5. The minimum Gasteiger partial charge on any atom is -0.469 e. The number of hydrogen-bond acceptors (Lipinski definition) is 4. The number of aromatic nitrogens is 2. The van der Waals surface area contributed by atoms with Crippen molar-refractivity contribution in [1.82, 2.24) is 19.8 Å². The zero-order chi connectivity index (χ0) is 18.8. The smallest absolute Gasteiger partial charge is 0.194 e. The highest BCUT2D eigenvalue weighted by molar-refractivity contribution is 6.29. The van der Waals surface area contributed by atoms with Gasteiger partial charge in [0.1, 0.15) is 16.7 Å². The third-order valence-corrected chi connectivity index (χ3v) is 4.27. The molecule has 144 valence electrons. The van der Waals surface area contributed by atoms with E-state index in [-0.39, 0.29) is 0 Å². The number of guanidine groups is 1. The molecular weight excluding hydrogens is 354 g/mol. The SMILES string of the molecule is CCOCCCN=C(NCCc1ccco1)N(C)Cc1ncc(Cl)n1C. The molecule has 0 bridgehead atoms. The second kappa shape index (κ2) is 10.9. The summed E-state index contributed by atoms with van der Waals surface area (Å²) >= 11 is 6.08. The molecule has 0 atom stereocenters. The molecule has 0 saturated heterocycles. The van der Waals surface area contributed by atoms with Crippen LogP contribution in [0.1, 0.15) is 24.9 Å². The standard InChI is InChI=1S/C18H28ClN5O2/c1-4-25-11-6-9-20-18(21-10-8-15-7-5-12-26-15)23(2)14-17-22-13-16(19)24(17)3/h5,7,12-13H,4,6,8-11,14H2,1-3H3,(H,20,21). The van der Waals surface area contributed by atoms with Gasteiger partial charge in [0.15, 0.2) is 5.96 Å². The van der Waals surface area contributed by atoms with Crippen LogP contribution in [0.3, 0.4) is 0 Å². The van der Waals surface area contributed by atoms with Crippen molar-refractivity contribution in [3.63, 3.8) is 0 Å². The molecule has 0 aliphatic rings. The van der Waals surface area contributed by atoms with E-state index in [0.29, 0.717) is 18.2 Å². The monoisotopic (exact) mass is 381 g/mol. The van der Waals surface area contributed by atoms with Crippen molar-refractivity contribution in [2.75, 3.05) is 33.4 Å². The molecule has 2 rings (SSSR count). The van der Waals surface area contributed by atoms with Gasteiger partial charge in [-0.3, -0.25) is 4.99 Å². The third kappa shape index (κ3) is 6.38. The van der Waals surface area contributed by atoms with E-state index < -0.39 is 0 Å². The summed E-state index contributed by atoms with van der Waals surface area (Å²) in [6.45, 7) is 5.51. The Bertz CT molecular complexity index is 669. The lowest BCUT2D eigenvalue weighted by atomic mass is 10.3. The largest absolute Gasteiger partial charge is 0.469 e. The molecule has 7 nitrogen and oxygen atoms in total. The molecule has 2 aromatic rings. The maximum Gasteiger partial charge on any atom is 0.194 e. The molecule has 0 spiro atoms. The van der Waals surface area contributed by atoms with Crippen LogP contribution in [0.5, 0.6) is 0 Å². The Kier molecular flexibility index (Phi) is 8.50. The van der Waals surface area contributed by atoms with Crippen LogP contribution in [0.15, 0.2) is 34.0 Å². The lowest BCUT2D eigenvalue weighted by molar-refractivity contribution is 0.146. The van der Waals surface area contributed by atoms with E-state index in [0.717, 1.165) is 50.1 Å². The zero-order valence-electron chi connectivity index (χ0n) is 15.7. The molecule has 0 aromatic carbocycles. The summed E-state index contributed by atoms with van der Waals surface area (Å²) in [6.07, 6.45) is 5.04. The van der Waals surface area contributed by atoms with Crippen molar-refractivity contribution in [3.05, 3.63) is 41.3 Å². The van der Waals surface area contributed by atoms with E-state index in [9.17, 15) is 0 Å². The summed E-state index contributed by atoms with van der Waals surface area (Å²) < 4.78 is 12.6. The molecule has 26 heavy (non-hydrogen) atoms. The highest BCUT2D eigenvalue weighted by Gasteiger charge is 2.12. The van der Waals surface area contributed by atoms with Crippen molar-refractivity contribution in [2.24, 2.45) is 12.0 Å². The summed E-state index contributed by atoms with van der Waals surface area (Å²) in [5.74, 6) is 2.66. The zero-order valence-corrected chi connectivity index (χ0v) is 16.5. The van der Waals surface area contributed by atoms with E-state index in [4.69, 9.17) is 25.7 Å². The summed E-state index contributed by atoms with van der Waals surface area (Å²) in [5.41, 5.74) is 0. The van der Waals surface area contributed by atoms with E-state index in [1.165, 1.54) is 0 Å². The lowest BCUT2D eigenvalue weighted by Gasteiger charge is -2.22. The van der Waals surface area contributed by atoms with Crippen LogP contribution in [-0.2, 0) is 24.8 Å². The number of nitrogens with zero attached hydrogens (tertiary/aromatic N) is 4. The first kappa shape index (κ1) is 20.3. The molecule has 2 heterocycles. The van der Waals surface area contributed by atoms with Crippen molar-refractivity contribution in [2.45, 2.75) is 26.3 Å². The second-order valence-electron chi connectivity index (χ2n) is 5.92. The fraction of sp³-hybridized carbons (Fsp3) is 0.556. The van der Waals surface area contributed by atoms with Gasteiger partial charge in [0.05, 0.1) is 19.0 Å². The van der Waals surface area contributed by atoms with Gasteiger partial charge in [0.25, 0.3) is 0 Å². The van der Waals surface area contributed by atoms with Gasteiger partial charge < -0.3 is 23.9 Å². The minimum absolute atomic E-state index is 0.612. The maximum absolute atomic E-state index is 6.08. The molecule has 0 aliphatic carbocycles. The van der Waals surface area contributed by atoms with Gasteiger partial charge in [-0.15, -0.1) is 0 Å². The normalized spacial score (nSPS) is 11.8. The molecule has 0 aliphatic heterocycles. The fourth-order valence-electron chi connectivity index (χ4n) is 2.42. The van der Waals surface area contributed by atoms with Gasteiger partial charge in [-0.25, -0.2) is 4.98 Å². The number of hydrogen-bond donors (Lipinski definition) is 1. The van der Waals surface area contributed by atoms with Crippen molar-refractivity contribution in [3.8, 4) is 0 Å². The maximum atomic E-state index is 6.08. The van der Waals surface area contributed by atoms with Crippen LogP contribution >= 0.6 is 11.6 Å². The van der Waals surface area contributed by atoms with Crippen LogP contribution in [0, 0.1) is 0 Å². The Morgan fingerprint density at radius 3 is 3.00 bits per heavy atom. The van der Waals surface area contributed by atoms with Gasteiger partial charge in [-0.2, -0.15) is 0 Å². The molecule has 0 amide bonds. The number of nitrogens with one attached hydrogen (secondary N) is 1. The van der Waals surface area contributed by atoms with Crippen molar-refractivity contribution < 1.29 is 9.15 Å². The minimum atomic E-state index is 0.612. The van der Waals surface area contributed by atoms with E-state index in [2.05, 4.69) is 10.3 Å². The first-order valence-electron chi connectivity index (χ1n) is 8.87. The molecule has 1 N–H and O–H groups in total. The first-order chi connectivity index (χ1) is 12.6. The van der Waals surface area contributed by atoms with Gasteiger partial charge in [0, 0.05) is 46.8 Å². The number of furan rings is 1. The topological polar surface area (TPSA) is 67.8 Å². The average molecular weight is 382 g/mol. The van der Waals surface area contributed by atoms with Crippen molar-refractivity contribution >= 4 is 17.6 Å². The molecule has 0 radical (unpaired) electrons. The summed E-state index contributed by atoms with van der Waals surface area (Å²) in [6, 6.07) is 3.87. The first-order valence-corrected chi connectivity index (χ1v) is 9.25. The number of ether oxygens (including phenoxy) is 1. The van der Waals surface area contributed by atoms with Crippen LogP contribution in [0.2, 0.25) is 5.15 Å². The van der Waals surface area contributed by atoms with Gasteiger partial charge >= 0.3 is 0 Å². The van der Waals surface area contributed by atoms with E-state index in [1.54, 1.807) is 12.5 Å². The predicted octanol–water partition coefficient (Wildman–Crippen LogP) is 2.71. The highest BCUT2D eigenvalue weighted by Crippen LogP contribution is 2.10. The van der Waals surface area contributed by atoms with Gasteiger partial charge in [0.2, 0.25) is 0 Å². The molecular formula is C18H28ClN5O2. The number of halogens is 1. The number of imidazole rings is 1. The van der Waals surface area contributed by atoms with Crippen molar-refractivity contribution in [1.29, 1.82) is 0 Å².